The molecular weight excluding hydrogens is 420 g/mol. The molecule has 34 heavy (non-hydrogen) atoms. The molecule has 1 atom stereocenters. The van der Waals surface area contributed by atoms with Crippen molar-refractivity contribution in [1.82, 2.24) is 20.4 Å². The van der Waals surface area contributed by atoms with Gasteiger partial charge in [-0.3, -0.25) is 9.89 Å². The van der Waals surface area contributed by atoms with Gasteiger partial charge in [-0.2, -0.15) is 5.10 Å². The summed E-state index contributed by atoms with van der Waals surface area (Å²) < 4.78 is 0. The van der Waals surface area contributed by atoms with Crippen LogP contribution in [0.3, 0.4) is 0 Å². The Hall–Kier alpha value is -3.44. The third-order valence-electron chi connectivity index (χ3n) is 6.48. The molecule has 1 amide bonds. The molecule has 5 heteroatoms. The van der Waals surface area contributed by atoms with E-state index in [1.807, 2.05) is 24.3 Å². The SMILES string of the molecule is CCN(CC)CCC[C@H](C)NC(=O)c1ccc(-c2cc(-c3cccc4ccccc34)[nH]n2)cc1. The summed E-state index contributed by atoms with van der Waals surface area (Å²) in [6.45, 7) is 9.67. The van der Waals surface area contributed by atoms with Crippen molar-refractivity contribution in [2.24, 2.45) is 0 Å². The highest BCUT2D eigenvalue weighted by Crippen LogP contribution is 2.29. The van der Waals surface area contributed by atoms with Gasteiger partial charge in [0.25, 0.3) is 5.91 Å². The van der Waals surface area contributed by atoms with Crippen LogP contribution in [0.5, 0.6) is 0 Å². The van der Waals surface area contributed by atoms with Crippen molar-refractivity contribution >= 4 is 16.7 Å². The quantitative estimate of drug-likeness (QED) is 0.303. The Morgan fingerprint density at radius 2 is 1.74 bits per heavy atom. The van der Waals surface area contributed by atoms with Crippen molar-refractivity contribution in [3.63, 3.8) is 0 Å². The summed E-state index contributed by atoms with van der Waals surface area (Å²) in [5.41, 5.74) is 4.62. The summed E-state index contributed by atoms with van der Waals surface area (Å²) in [6, 6.07) is 24.5. The lowest BCUT2D eigenvalue weighted by Crippen LogP contribution is -2.33. The van der Waals surface area contributed by atoms with Crippen LogP contribution in [0.2, 0.25) is 0 Å². The Bertz CT molecular complexity index is 1220. The van der Waals surface area contributed by atoms with Gasteiger partial charge >= 0.3 is 0 Å². The minimum atomic E-state index is -0.0274. The Kier molecular flexibility index (Phi) is 7.76. The van der Waals surface area contributed by atoms with E-state index in [2.05, 4.69) is 89.7 Å². The van der Waals surface area contributed by atoms with Crippen LogP contribution in [0.4, 0.5) is 0 Å². The molecule has 1 aromatic heterocycles. The van der Waals surface area contributed by atoms with E-state index in [1.165, 1.54) is 10.8 Å². The predicted molar refractivity (Wildman–Crippen MR) is 141 cm³/mol. The number of aromatic nitrogens is 2. The molecule has 0 radical (unpaired) electrons. The van der Waals surface area contributed by atoms with E-state index in [1.54, 1.807) is 0 Å². The zero-order valence-electron chi connectivity index (χ0n) is 20.3. The first-order valence-electron chi connectivity index (χ1n) is 12.3. The number of carbonyl (C=O) groups excluding carboxylic acids is 1. The summed E-state index contributed by atoms with van der Waals surface area (Å²) in [6.07, 6.45) is 2.06. The molecule has 2 N–H and O–H groups in total. The maximum Gasteiger partial charge on any atom is 0.251 e. The minimum absolute atomic E-state index is 0.0274. The highest BCUT2D eigenvalue weighted by Gasteiger charge is 2.12. The molecule has 0 aliphatic heterocycles. The molecule has 4 aromatic rings. The van der Waals surface area contributed by atoms with Crippen molar-refractivity contribution in [1.29, 1.82) is 0 Å². The van der Waals surface area contributed by atoms with Crippen LogP contribution >= 0.6 is 0 Å². The molecule has 0 bridgehead atoms. The normalized spacial score (nSPS) is 12.2. The van der Waals surface area contributed by atoms with Crippen LogP contribution in [0.1, 0.15) is 44.0 Å². The van der Waals surface area contributed by atoms with Gasteiger partial charge in [-0.05, 0) is 68.4 Å². The van der Waals surface area contributed by atoms with Gasteiger partial charge < -0.3 is 10.2 Å². The number of hydrogen-bond donors (Lipinski definition) is 2. The Labute approximate surface area is 202 Å². The molecule has 3 aromatic carbocycles. The maximum atomic E-state index is 12.7. The van der Waals surface area contributed by atoms with Crippen LogP contribution in [0, 0.1) is 0 Å². The number of fused-ring (bicyclic) bond motifs is 1. The van der Waals surface area contributed by atoms with Gasteiger partial charge in [0.2, 0.25) is 0 Å². The highest BCUT2D eigenvalue weighted by molar-refractivity contribution is 5.96. The van der Waals surface area contributed by atoms with Crippen LogP contribution in [0.15, 0.2) is 72.8 Å². The topological polar surface area (TPSA) is 61.0 Å². The monoisotopic (exact) mass is 454 g/mol. The van der Waals surface area contributed by atoms with Crippen molar-refractivity contribution in [3.05, 3.63) is 78.4 Å². The molecule has 0 aliphatic carbocycles. The third kappa shape index (κ3) is 5.54. The largest absolute Gasteiger partial charge is 0.350 e. The fourth-order valence-corrected chi connectivity index (χ4v) is 4.40. The molecule has 0 saturated heterocycles. The number of carbonyl (C=O) groups is 1. The molecular formula is C29H34N4O. The van der Waals surface area contributed by atoms with E-state index in [-0.39, 0.29) is 11.9 Å². The van der Waals surface area contributed by atoms with Gasteiger partial charge in [-0.25, -0.2) is 0 Å². The van der Waals surface area contributed by atoms with E-state index in [0.29, 0.717) is 5.56 Å². The fourth-order valence-electron chi connectivity index (χ4n) is 4.40. The number of nitrogens with one attached hydrogen (secondary N) is 2. The summed E-state index contributed by atoms with van der Waals surface area (Å²) in [7, 11) is 0. The van der Waals surface area contributed by atoms with Crippen molar-refractivity contribution in [3.8, 4) is 22.5 Å². The summed E-state index contributed by atoms with van der Waals surface area (Å²) in [5, 5.41) is 13.2. The molecule has 5 nitrogen and oxygen atoms in total. The standard InChI is InChI=1S/C29H34N4O/c1-4-33(5-2)19-9-10-21(3)30-29(34)24-17-15-23(16-18-24)27-20-28(32-31-27)26-14-8-12-22-11-6-7-13-25(22)26/h6-8,11-18,20-21H,4-5,9-10,19H2,1-3H3,(H,30,34)(H,31,32)/t21-/m0/s1. The lowest BCUT2D eigenvalue weighted by Gasteiger charge is -2.19. The predicted octanol–water partition coefficient (Wildman–Crippen LogP) is 6.14. The summed E-state index contributed by atoms with van der Waals surface area (Å²) >= 11 is 0. The van der Waals surface area contributed by atoms with E-state index >= 15 is 0 Å². The van der Waals surface area contributed by atoms with Gasteiger partial charge in [-0.15, -0.1) is 0 Å². The Morgan fingerprint density at radius 3 is 2.50 bits per heavy atom. The summed E-state index contributed by atoms with van der Waals surface area (Å²) in [4.78, 5) is 15.1. The highest BCUT2D eigenvalue weighted by atomic mass is 16.1. The second-order valence-corrected chi connectivity index (χ2v) is 8.81. The molecule has 0 saturated carbocycles. The van der Waals surface area contributed by atoms with E-state index < -0.39 is 0 Å². The number of benzene rings is 3. The van der Waals surface area contributed by atoms with Crippen molar-refractivity contribution in [2.75, 3.05) is 19.6 Å². The van der Waals surface area contributed by atoms with Crippen LogP contribution < -0.4 is 5.32 Å². The summed E-state index contributed by atoms with van der Waals surface area (Å²) in [5.74, 6) is -0.0274. The maximum absolute atomic E-state index is 12.7. The Morgan fingerprint density at radius 1 is 1.00 bits per heavy atom. The first-order chi connectivity index (χ1) is 16.6. The van der Waals surface area contributed by atoms with Crippen molar-refractivity contribution < 1.29 is 4.79 Å². The van der Waals surface area contributed by atoms with Crippen LogP contribution in [0.25, 0.3) is 33.3 Å². The second kappa shape index (κ2) is 11.1. The first kappa shape index (κ1) is 23.7. The van der Waals surface area contributed by atoms with Gasteiger partial charge in [0.15, 0.2) is 0 Å². The molecule has 1 heterocycles. The molecule has 176 valence electrons. The zero-order valence-corrected chi connectivity index (χ0v) is 20.3. The number of rotatable bonds is 10. The minimum Gasteiger partial charge on any atom is -0.350 e. The molecule has 4 rings (SSSR count). The fraction of sp³-hybridized carbons (Fsp3) is 0.310. The van der Waals surface area contributed by atoms with E-state index in [4.69, 9.17) is 0 Å². The number of amides is 1. The molecule has 0 unspecified atom stereocenters. The van der Waals surface area contributed by atoms with Crippen LogP contribution in [-0.4, -0.2) is 46.7 Å². The van der Waals surface area contributed by atoms with Gasteiger partial charge in [0, 0.05) is 22.7 Å². The van der Waals surface area contributed by atoms with E-state index in [0.717, 1.165) is 55.0 Å². The van der Waals surface area contributed by atoms with Gasteiger partial charge in [0.1, 0.15) is 0 Å². The van der Waals surface area contributed by atoms with E-state index in [9.17, 15) is 4.79 Å². The lowest BCUT2D eigenvalue weighted by molar-refractivity contribution is 0.0937. The molecule has 0 fully saturated rings. The number of nitrogens with zero attached hydrogens (tertiary/aromatic N) is 2. The van der Waals surface area contributed by atoms with Crippen molar-refractivity contribution in [2.45, 2.75) is 39.7 Å². The molecule has 0 aliphatic rings. The van der Waals surface area contributed by atoms with Crippen LogP contribution in [-0.2, 0) is 0 Å². The number of H-pyrrole nitrogens is 1. The first-order valence-corrected chi connectivity index (χ1v) is 12.3. The lowest BCUT2D eigenvalue weighted by atomic mass is 10.0. The zero-order chi connectivity index (χ0) is 23.9. The molecule has 0 spiro atoms. The second-order valence-electron chi connectivity index (χ2n) is 8.81. The number of hydrogen-bond acceptors (Lipinski definition) is 3. The number of aromatic amines is 1. The Balaban J connectivity index is 1.39. The average Bonchev–Trinajstić information content (AvgIpc) is 3.36. The third-order valence-corrected chi connectivity index (χ3v) is 6.48. The average molecular weight is 455 g/mol. The van der Waals surface area contributed by atoms with Gasteiger partial charge in [0.05, 0.1) is 11.4 Å². The smallest absolute Gasteiger partial charge is 0.251 e. The van der Waals surface area contributed by atoms with Gasteiger partial charge in [-0.1, -0.05) is 68.4 Å².